The second kappa shape index (κ2) is 7.04. The summed E-state index contributed by atoms with van der Waals surface area (Å²) in [6.45, 7) is 2.19. The largest absolute Gasteiger partial charge is 0.309 e. The lowest BCUT2D eigenvalue weighted by Crippen LogP contribution is -2.25. The first kappa shape index (κ1) is 13.7. The average molecular weight is 280 g/mol. The van der Waals surface area contributed by atoms with Gasteiger partial charge in [-0.3, -0.25) is 0 Å². The Morgan fingerprint density at radius 1 is 1.11 bits per heavy atom. The fraction of sp³-hybridized carbons (Fsp3) is 0.429. The smallest absolute Gasteiger partial charge is 0.0764 e. The Balaban J connectivity index is 1.94. The highest BCUT2D eigenvalue weighted by atomic mass is 32.1. The SMILES string of the molecule is CN(C)CCCNC(c1cccs1)c1cccs1. The third-order valence-corrected chi connectivity index (χ3v) is 4.66. The minimum atomic E-state index is 0.368. The van der Waals surface area contributed by atoms with Crippen molar-refractivity contribution in [3.05, 3.63) is 44.8 Å². The molecule has 4 heteroatoms. The maximum absolute atomic E-state index is 3.67. The molecule has 2 rings (SSSR count). The van der Waals surface area contributed by atoms with Crippen LogP contribution in [0, 0.1) is 0 Å². The van der Waals surface area contributed by atoms with Gasteiger partial charge < -0.3 is 10.2 Å². The Kier molecular flexibility index (Phi) is 5.38. The second-order valence-corrected chi connectivity index (χ2v) is 6.53. The Morgan fingerprint density at radius 3 is 2.17 bits per heavy atom. The van der Waals surface area contributed by atoms with Crippen LogP contribution in [-0.4, -0.2) is 32.1 Å². The lowest BCUT2D eigenvalue weighted by atomic mass is 10.2. The van der Waals surface area contributed by atoms with E-state index in [1.54, 1.807) is 0 Å². The molecule has 0 bridgehead atoms. The van der Waals surface area contributed by atoms with Crippen molar-refractivity contribution in [3.63, 3.8) is 0 Å². The first-order chi connectivity index (χ1) is 8.77. The molecule has 0 spiro atoms. The first-order valence-corrected chi connectivity index (χ1v) is 7.98. The molecule has 0 fully saturated rings. The second-order valence-electron chi connectivity index (χ2n) is 4.57. The predicted octanol–water partition coefficient (Wildman–Crippen LogP) is 3.44. The van der Waals surface area contributed by atoms with Gasteiger partial charge in [-0.2, -0.15) is 0 Å². The first-order valence-electron chi connectivity index (χ1n) is 6.22. The van der Waals surface area contributed by atoms with Gasteiger partial charge in [0.05, 0.1) is 6.04 Å². The summed E-state index contributed by atoms with van der Waals surface area (Å²) >= 11 is 3.65. The van der Waals surface area contributed by atoms with E-state index in [1.165, 1.54) is 16.2 Å². The molecule has 0 aliphatic carbocycles. The molecular formula is C14H20N2S2. The number of hydrogen-bond acceptors (Lipinski definition) is 4. The number of nitrogens with zero attached hydrogens (tertiary/aromatic N) is 1. The Bertz CT molecular complexity index is 386. The van der Waals surface area contributed by atoms with Gasteiger partial charge in [-0.05, 0) is 56.5 Å². The minimum Gasteiger partial charge on any atom is -0.309 e. The summed E-state index contributed by atoms with van der Waals surface area (Å²) in [7, 11) is 4.24. The van der Waals surface area contributed by atoms with Crippen LogP contribution >= 0.6 is 22.7 Å². The van der Waals surface area contributed by atoms with Crippen LogP contribution in [0.4, 0.5) is 0 Å². The molecule has 2 aromatic rings. The van der Waals surface area contributed by atoms with Crippen molar-refractivity contribution in [1.29, 1.82) is 0 Å². The van der Waals surface area contributed by atoms with Crippen LogP contribution in [0.2, 0.25) is 0 Å². The summed E-state index contributed by atoms with van der Waals surface area (Å²) in [6, 6.07) is 9.05. The molecule has 0 aliphatic heterocycles. The van der Waals surface area contributed by atoms with Gasteiger partial charge in [0.15, 0.2) is 0 Å². The molecule has 1 N–H and O–H groups in total. The monoisotopic (exact) mass is 280 g/mol. The minimum absolute atomic E-state index is 0.368. The molecule has 98 valence electrons. The normalized spacial score (nSPS) is 11.6. The fourth-order valence-electron chi connectivity index (χ4n) is 1.89. The van der Waals surface area contributed by atoms with Gasteiger partial charge >= 0.3 is 0 Å². The van der Waals surface area contributed by atoms with E-state index in [-0.39, 0.29) is 0 Å². The van der Waals surface area contributed by atoms with Crippen LogP contribution < -0.4 is 5.32 Å². The summed E-state index contributed by atoms with van der Waals surface area (Å²) in [5.74, 6) is 0. The zero-order valence-corrected chi connectivity index (χ0v) is 12.6. The van der Waals surface area contributed by atoms with E-state index in [0.29, 0.717) is 6.04 Å². The third-order valence-electron chi connectivity index (χ3n) is 2.79. The summed E-state index contributed by atoms with van der Waals surface area (Å²) in [5, 5.41) is 7.97. The summed E-state index contributed by atoms with van der Waals surface area (Å²) in [6.07, 6.45) is 1.18. The lowest BCUT2D eigenvalue weighted by molar-refractivity contribution is 0.391. The molecule has 0 saturated carbocycles. The molecule has 0 atom stereocenters. The maximum atomic E-state index is 3.67. The van der Waals surface area contributed by atoms with Crippen LogP contribution in [-0.2, 0) is 0 Å². The fourth-order valence-corrected chi connectivity index (χ4v) is 3.60. The van der Waals surface area contributed by atoms with Crippen molar-refractivity contribution in [2.75, 3.05) is 27.2 Å². The van der Waals surface area contributed by atoms with Gasteiger partial charge in [0, 0.05) is 9.75 Å². The molecule has 18 heavy (non-hydrogen) atoms. The summed E-state index contributed by atoms with van der Waals surface area (Å²) in [5.41, 5.74) is 0. The average Bonchev–Trinajstić information content (AvgIpc) is 3.01. The van der Waals surface area contributed by atoms with E-state index in [9.17, 15) is 0 Å². The standard InChI is InChI=1S/C14H20N2S2/c1-16(2)9-5-8-15-14(12-6-3-10-17-12)13-7-4-11-18-13/h3-4,6-7,10-11,14-15H,5,8-9H2,1-2H3. The van der Waals surface area contributed by atoms with Crippen molar-refractivity contribution >= 4 is 22.7 Å². The topological polar surface area (TPSA) is 15.3 Å². The lowest BCUT2D eigenvalue weighted by Gasteiger charge is -2.17. The maximum Gasteiger partial charge on any atom is 0.0764 e. The molecule has 0 radical (unpaired) electrons. The van der Waals surface area contributed by atoms with E-state index in [2.05, 4.69) is 59.3 Å². The molecule has 2 nitrogen and oxygen atoms in total. The zero-order chi connectivity index (χ0) is 12.8. The number of hydrogen-bond donors (Lipinski definition) is 1. The van der Waals surface area contributed by atoms with E-state index < -0.39 is 0 Å². The molecule has 0 aliphatic rings. The molecule has 0 unspecified atom stereocenters. The number of rotatable bonds is 7. The van der Waals surface area contributed by atoms with Crippen LogP contribution in [0.3, 0.4) is 0 Å². The van der Waals surface area contributed by atoms with E-state index in [1.807, 2.05) is 22.7 Å². The van der Waals surface area contributed by atoms with Gasteiger partial charge in [-0.15, -0.1) is 22.7 Å². The van der Waals surface area contributed by atoms with E-state index >= 15 is 0 Å². The van der Waals surface area contributed by atoms with Crippen molar-refractivity contribution in [2.24, 2.45) is 0 Å². The summed E-state index contributed by atoms with van der Waals surface area (Å²) in [4.78, 5) is 5.04. The van der Waals surface area contributed by atoms with Crippen molar-refractivity contribution in [2.45, 2.75) is 12.5 Å². The van der Waals surface area contributed by atoms with Crippen molar-refractivity contribution < 1.29 is 0 Å². The van der Waals surface area contributed by atoms with Crippen molar-refractivity contribution in [3.8, 4) is 0 Å². The highest BCUT2D eigenvalue weighted by molar-refractivity contribution is 7.11. The third kappa shape index (κ3) is 3.92. The Hall–Kier alpha value is -0.680. The Labute approximate surface area is 117 Å². The van der Waals surface area contributed by atoms with Crippen LogP contribution in [0.15, 0.2) is 35.0 Å². The molecule has 0 amide bonds. The van der Waals surface area contributed by atoms with E-state index in [0.717, 1.165) is 13.1 Å². The highest BCUT2D eigenvalue weighted by Gasteiger charge is 2.14. The molecule has 0 saturated heterocycles. The molecule has 2 heterocycles. The predicted molar refractivity (Wildman–Crippen MR) is 81.7 cm³/mol. The van der Waals surface area contributed by atoms with Crippen molar-refractivity contribution in [1.82, 2.24) is 10.2 Å². The van der Waals surface area contributed by atoms with Gasteiger partial charge in [-0.1, -0.05) is 12.1 Å². The number of nitrogens with one attached hydrogen (secondary N) is 1. The van der Waals surface area contributed by atoms with Gasteiger partial charge in [0.1, 0.15) is 0 Å². The quantitative estimate of drug-likeness (QED) is 0.782. The zero-order valence-electron chi connectivity index (χ0n) is 10.9. The van der Waals surface area contributed by atoms with E-state index in [4.69, 9.17) is 0 Å². The highest BCUT2D eigenvalue weighted by Crippen LogP contribution is 2.28. The van der Waals surface area contributed by atoms with Crippen LogP contribution in [0.1, 0.15) is 22.2 Å². The Morgan fingerprint density at radius 2 is 1.72 bits per heavy atom. The molecule has 0 aromatic carbocycles. The van der Waals surface area contributed by atoms with Crippen LogP contribution in [0.5, 0.6) is 0 Å². The summed E-state index contributed by atoms with van der Waals surface area (Å²) < 4.78 is 0. The van der Waals surface area contributed by atoms with Gasteiger partial charge in [-0.25, -0.2) is 0 Å². The number of thiophene rings is 2. The van der Waals surface area contributed by atoms with Gasteiger partial charge in [0.2, 0.25) is 0 Å². The molecular weight excluding hydrogens is 260 g/mol. The molecule has 2 aromatic heterocycles. The van der Waals surface area contributed by atoms with Gasteiger partial charge in [0.25, 0.3) is 0 Å². The van der Waals surface area contributed by atoms with Crippen LogP contribution in [0.25, 0.3) is 0 Å².